The molecular formula is C18H31IN4O2. The van der Waals surface area contributed by atoms with E-state index in [0.29, 0.717) is 32.1 Å². The first-order valence-electron chi connectivity index (χ1n) is 8.52. The van der Waals surface area contributed by atoms with Crippen molar-refractivity contribution in [3.8, 4) is 5.75 Å². The van der Waals surface area contributed by atoms with Crippen molar-refractivity contribution in [3.63, 3.8) is 0 Å². The Bertz CT molecular complexity index is 518. The molecule has 0 aliphatic carbocycles. The van der Waals surface area contributed by atoms with E-state index in [-0.39, 0.29) is 35.9 Å². The van der Waals surface area contributed by atoms with Crippen molar-refractivity contribution < 1.29 is 9.53 Å². The highest BCUT2D eigenvalue weighted by Gasteiger charge is 2.03. The minimum Gasteiger partial charge on any atom is -0.492 e. The number of hydrogen-bond acceptors (Lipinski definition) is 3. The van der Waals surface area contributed by atoms with Gasteiger partial charge in [0.2, 0.25) is 5.91 Å². The van der Waals surface area contributed by atoms with Crippen LogP contribution in [0.2, 0.25) is 0 Å². The maximum Gasteiger partial charge on any atom is 0.222 e. The van der Waals surface area contributed by atoms with Crippen LogP contribution < -0.4 is 20.7 Å². The molecule has 1 aromatic rings. The third kappa shape index (κ3) is 11.6. The van der Waals surface area contributed by atoms with Crippen LogP contribution in [0.3, 0.4) is 0 Å². The summed E-state index contributed by atoms with van der Waals surface area (Å²) in [6.45, 7) is 10.3. The van der Waals surface area contributed by atoms with Gasteiger partial charge in [-0.05, 0) is 39.8 Å². The molecule has 0 radical (unpaired) electrons. The molecule has 0 aliphatic heterocycles. The van der Waals surface area contributed by atoms with Crippen molar-refractivity contribution in [1.29, 1.82) is 0 Å². The van der Waals surface area contributed by atoms with Gasteiger partial charge in [0.1, 0.15) is 12.4 Å². The zero-order valence-corrected chi connectivity index (χ0v) is 17.9. The Morgan fingerprint density at radius 3 is 2.48 bits per heavy atom. The van der Waals surface area contributed by atoms with Crippen molar-refractivity contribution in [2.45, 2.75) is 40.2 Å². The SMILES string of the molecule is CCNC(=NCCC(=O)NC(C)C)NCCOc1ccc(C)cc1.I. The predicted molar refractivity (Wildman–Crippen MR) is 114 cm³/mol. The molecule has 3 N–H and O–H groups in total. The fraction of sp³-hybridized carbons (Fsp3) is 0.556. The number of aliphatic imine (C=N–C) groups is 1. The van der Waals surface area contributed by atoms with Crippen LogP contribution in [0.4, 0.5) is 0 Å². The summed E-state index contributed by atoms with van der Waals surface area (Å²) in [6.07, 6.45) is 0.384. The number of nitrogens with zero attached hydrogens (tertiary/aromatic N) is 1. The van der Waals surface area contributed by atoms with Crippen LogP contribution in [0, 0.1) is 6.92 Å². The number of carbonyl (C=O) groups excluding carboxylic acids is 1. The molecule has 0 aromatic heterocycles. The predicted octanol–water partition coefficient (Wildman–Crippen LogP) is 2.46. The van der Waals surface area contributed by atoms with Crippen LogP contribution in [0.1, 0.15) is 32.8 Å². The monoisotopic (exact) mass is 462 g/mol. The Hall–Kier alpha value is -1.51. The Kier molecular flexibility index (Phi) is 12.9. The average Bonchev–Trinajstić information content (AvgIpc) is 2.52. The maximum atomic E-state index is 11.6. The van der Waals surface area contributed by atoms with E-state index in [1.54, 1.807) is 0 Å². The molecule has 25 heavy (non-hydrogen) atoms. The van der Waals surface area contributed by atoms with Gasteiger partial charge in [0.25, 0.3) is 0 Å². The second-order valence-electron chi connectivity index (χ2n) is 5.82. The van der Waals surface area contributed by atoms with Gasteiger partial charge in [-0.3, -0.25) is 9.79 Å². The summed E-state index contributed by atoms with van der Waals surface area (Å²) in [5, 5.41) is 9.21. The van der Waals surface area contributed by atoms with Crippen molar-refractivity contribution in [3.05, 3.63) is 29.8 Å². The van der Waals surface area contributed by atoms with E-state index in [1.807, 2.05) is 52.0 Å². The lowest BCUT2D eigenvalue weighted by atomic mass is 10.2. The first-order chi connectivity index (χ1) is 11.5. The molecule has 1 rings (SSSR count). The Morgan fingerprint density at radius 1 is 1.20 bits per heavy atom. The number of rotatable bonds is 9. The molecule has 0 unspecified atom stereocenters. The number of aryl methyl sites for hydroxylation is 1. The summed E-state index contributed by atoms with van der Waals surface area (Å²) >= 11 is 0. The lowest BCUT2D eigenvalue weighted by molar-refractivity contribution is -0.121. The first kappa shape index (κ1) is 23.5. The van der Waals surface area contributed by atoms with Gasteiger partial charge in [0.05, 0.1) is 13.1 Å². The van der Waals surface area contributed by atoms with Gasteiger partial charge in [0.15, 0.2) is 5.96 Å². The third-order valence-corrected chi connectivity index (χ3v) is 3.09. The molecular weight excluding hydrogens is 431 g/mol. The Balaban J connectivity index is 0.00000576. The summed E-state index contributed by atoms with van der Waals surface area (Å²) in [4.78, 5) is 16.0. The molecule has 0 atom stereocenters. The topological polar surface area (TPSA) is 74.8 Å². The highest BCUT2D eigenvalue weighted by Crippen LogP contribution is 2.10. The number of guanidine groups is 1. The van der Waals surface area contributed by atoms with E-state index in [1.165, 1.54) is 5.56 Å². The van der Waals surface area contributed by atoms with E-state index in [2.05, 4.69) is 20.9 Å². The maximum absolute atomic E-state index is 11.6. The normalized spacial score (nSPS) is 10.8. The second-order valence-corrected chi connectivity index (χ2v) is 5.82. The van der Waals surface area contributed by atoms with Crippen molar-refractivity contribution >= 4 is 35.8 Å². The van der Waals surface area contributed by atoms with Gasteiger partial charge in [-0.2, -0.15) is 0 Å². The Labute approximate surface area is 168 Å². The van der Waals surface area contributed by atoms with Gasteiger partial charge in [-0.15, -0.1) is 24.0 Å². The highest BCUT2D eigenvalue weighted by molar-refractivity contribution is 14.0. The largest absolute Gasteiger partial charge is 0.492 e. The zero-order valence-electron chi connectivity index (χ0n) is 15.6. The van der Waals surface area contributed by atoms with Crippen LogP contribution >= 0.6 is 24.0 Å². The van der Waals surface area contributed by atoms with Gasteiger partial charge < -0.3 is 20.7 Å². The molecule has 0 aliphatic rings. The van der Waals surface area contributed by atoms with Crippen molar-refractivity contribution in [2.75, 3.05) is 26.2 Å². The van der Waals surface area contributed by atoms with Crippen molar-refractivity contribution in [2.24, 2.45) is 4.99 Å². The molecule has 0 spiro atoms. The first-order valence-corrected chi connectivity index (χ1v) is 8.52. The molecule has 142 valence electrons. The molecule has 7 heteroatoms. The fourth-order valence-electron chi connectivity index (χ4n) is 1.98. The number of hydrogen-bond donors (Lipinski definition) is 3. The highest BCUT2D eigenvalue weighted by atomic mass is 127. The van der Waals surface area contributed by atoms with Gasteiger partial charge in [-0.1, -0.05) is 17.7 Å². The molecule has 0 heterocycles. The van der Waals surface area contributed by atoms with Gasteiger partial charge >= 0.3 is 0 Å². The van der Waals surface area contributed by atoms with E-state index < -0.39 is 0 Å². The zero-order chi connectivity index (χ0) is 17.8. The van der Waals surface area contributed by atoms with E-state index in [9.17, 15) is 4.79 Å². The summed E-state index contributed by atoms with van der Waals surface area (Å²) < 4.78 is 5.67. The van der Waals surface area contributed by atoms with E-state index in [0.717, 1.165) is 12.3 Å². The number of halogens is 1. The number of carbonyl (C=O) groups is 1. The van der Waals surface area contributed by atoms with Gasteiger partial charge in [0, 0.05) is 19.0 Å². The molecule has 1 amide bonds. The fourth-order valence-corrected chi connectivity index (χ4v) is 1.98. The van der Waals surface area contributed by atoms with Crippen LogP contribution in [0.5, 0.6) is 5.75 Å². The van der Waals surface area contributed by atoms with E-state index in [4.69, 9.17) is 4.74 Å². The molecule has 1 aromatic carbocycles. The third-order valence-electron chi connectivity index (χ3n) is 3.09. The van der Waals surface area contributed by atoms with Gasteiger partial charge in [-0.25, -0.2) is 0 Å². The number of benzene rings is 1. The Morgan fingerprint density at radius 2 is 1.88 bits per heavy atom. The summed E-state index contributed by atoms with van der Waals surface area (Å²) in [5.74, 6) is 1.57. The second kappa shape index (κ2) is 13.7. The molecule has 0 saturated carbocycles. The average molecular weight is 462 g/mol. The van der Waals surface area contributed by atoms with Crippen molar-refractivity contribution in [1.82, 2.24) is 16.0 Å². The number of ether oxygens (including phenoxy) is 1. The smallest absolute Gasteiger partial charge is 0.222 e. The minimum absolute atomic E-state index is 0. The number of nitrogens with one attached hydrogen (secondary N) is 3. The van der Waals surface area contributed by atoms with E-state index >= 15 is 0 Å². The summed E-state index contributed by atoms with van der Waals surface area (Å²) in [6, 6.07) is 8.13. The number of amides is 1. The molecule has 6 nitrogen and oxygen atoms in total. The van der Waals surface area contributed by atoms with Crippen LogP contribution in [-0.4, -0.2) is 44.1 Å². The standard InChI is InChI=1S/C18H30N4O2.HI/c1-5-19-18(20-11-10-17(23)22-14(2)3)21-12-13-24-16-8-6-15(4)7-9-16;/h6-9,14H,5,10-13H2,1-4H3,(H,22,23)(H2,19,20,21);1H. The molecule has 0 bridgehead atoms. The van der Waals surface area contributed by atoms with Crippen LogP contribution in [0.15, 0.2) is 29.3 Å². The molecule has 0 fully saturated rings. The molecule has 0 saturated heterocycles. The summed E-state index contributed by atoms with van der Waals surface area (Å²) in [7, 11) is 0. The summed E-state index contributed by atoms with van der Waals surface area (Å²) in [5.41, 5.74) is 1.21. The van der Waals surface area contributed by atoms with Crippen LogP contribution in [0.25, 0.3) is 0 Å². The lowest BCUT2D eigenvalue weighted by Crippen LogP contribution is -2.39. The minimum atomic E-state index is 0. The quantitative estimate of drug-likeness (QED) is 0.228. The van der Waals surface area contributed by atoms with Crippen LogP contribution in [-0.2, 0) is 4.79 Å². The lowest BCUT2D eigenvalue weighted by Gasteiger charge is -2.12.